The van der Waals surface area contributed by atoms with E-state index in [9.17, 15) is 4.79 Å². The molecule has 1 aliphatic heterocycles. The van der Waals surface area contributed by atoms with Gasteiger partial charge in [0.25, 0.3) is 5.91 Å². The topological polar surface area (TPSA) is 29.5 Å². The summed E-state index contributed by atoms with van der Waals surface area (Å²) in [7, 11) is 0. The minimum Gasteiger partial charge on any atom is -0.491 e. The lowest BCUT2D eigenvalue weighted by Crippen LogP contribution is -2.32. The standard InChI is InChI=1S/C17H17NO2/c1-13-7-8-16-15(11-13)12-18(9-10-20-16)17(19)14-5-3-2-4-6-14/h2-8,11H,9-10,12H2,1H3. The van der Waals surface area contributed by atoms with Gasteiger partial charge in [0.15, 0.2) is 0 Å². The van der Waals surface area contributed by atoms with Crippen molar-refractivity contribution < 1.29 is 9.53 Å². The fourth-order valence-electron chi connectivity index (χ4n) is 2.46. The molecule has 0 fully saturated rings. The Morgan fingerprint density at radius 3 is 2.75 bits per heavy atom. The molecule has 20 heavy (non-hydrogen) atoms. The minimum absolute atomic E-state index is 0.0588. The molecule has 2 aromatic carbocycles. The van der Waals surface area contributed by atoms with Gasteiger partial charge in [0.2, 0.25) is 0 Å². The highest BCUT2D eigenvalue weighted by molar-refractivity contribution is 5.94. The molecule has 0 saturated heterocycles. The molecule has 0 spiro atoms. The van der Waals surface area contributed by atoms with Crippen molar-refractivity contribution in [3.63, 3.8) is 0 Å². The van der Waals surface area contributed by atoms with Gasteiger partial charge in [-0.2, -0.15) is 0 Å². The number of nitrogens with zero attached hydrogens (tertiary/aromatic N) is 1. The van der Waals surface area contributed by atoms with Crippen LogP contribution in [0.4, 0.5) is 0 Å². The Hall–Kier alpha value is -2.29. The molecule has 102 valence electrons. The average Bonchev–Trinajstić information content (AvgIpc) is 2.69. The van der Waals surface area contributed by atoms with Gasteiger partial charge in [-0.25, -0.2) is 0 Å². The Morgan fingerprint density at radius 2 is 1.95 bits per heavy atom. The van der Waals surface area contributed by atoms with E-state index in [-0.39, 0.29) is 5.91 Å². The summed E-state index contributed by atoms with van der Waals surface area (Å²) >= 11 is 0. The zero-order valence-electron chi connectivity index (χ0n) is 11.5. The van der Waals surface area contributed by atoms with Gasteiger partial charge in [0.1, 0.15) is 12.4 Å². The van der Waals surface area contributed by atoms with Crippen molar-refractivity contribution in [1.29, 1.82) is 0 Å². The van der Waals surface area contributed by atoms with Crippen LogP contribution < -0.4 is 4.74 Å². The summed E-state index contributed by atoms with van der Waals surface area (Å²) in [4.78, 5) is 14.4. The monoisotopic (exact) mass is 267 g/mol. The maximum atomic E-state index is 12.5. The van der Waals surface area contributed by atoms with Gasteiger partial charge < -0.3 is 9.64 Å². The number of hydrogen-bond acceptors (Lipinski definition) is 2. The molecule has 0 radical (unpaired) electrons. The maximum absolute atomic E-state index is 12.5. The zero-order valence-corrected chi connectivity index (χ0v) is 11.5. The number of ether oxygens (including phenoxy) is 1. The number of carbonyl (C=O) groups excluding carboxylic acids is 1. The molecule has 0 unspecified atom stereocenters. The molecule has 1 amide bonds. The van der Waals surface area contributed by atoms with Crippen LogP contribution in [0.15, 0.2) is 48.5 Å². The second-order valence-corrected chi connectivity index (χ2v) is 5.05. The summed E-state index contributed by atoms with van der Waals surface area (Å²) in [6, 6.07) is 15.5. The molecular formula is C17H17NO2. The van der Waals surface area contributed by atoms with Crippen molar-refractivity contribution in [2.75, 3.05) is 13.2 Å². The number of hydrogen-bond donors (Lipinski definition) is 0. The molecule has 3 nitrogen and oxygen atoms in total. The predicted octanol–water partition coefficient (Wildman–Crippen LogP) is 3.03. The third-order valence-corrected chi connectivity index (χ3v) is 3.50. The highest BCUT2D eigenvalue weighted by Crippen LogP contribution is 2.24. The quantitative estimate of drug-likeness (QED) is 0.795. The number of amides is 1. The van der Waals surface area contributed by atoms with Crippen LogP contribution in [0.5, 0.6) is 5.75 Å². The lowest BCUT2D eigenvalue weighted by molar-refractivity contribution is 0.0733. The molecular weight excluding hydrogens is 250 g/mol. The molecule has 2 aromatic rings. The first-order chi connectivity index (χ1) is 9.74. The molecule has 0 aliphatic carbocycles. The van der Waals surface area contributed by atoms with Crippen LogP contribution in [0.2, 0.25) is 0 Å². The highest BCUT2D eigenvalue weighted by atomic mass is 16.5. The second kappa shape index (κ2) is 5.37. The smallest absolute Gasteiger partial charge is 0.254 e. The Kier molecular flexibility index (Phi) is 3.42. The van der Waals surface area contributed by atoms with Crippen molar-refractivity contribution in [2.24, 2.45) is 0 Å². The van der Waals surface area contributed by atoms with Crippen LogP contribution in [0.1, 0.15) is 21.5 Å². The van der Waals surface area contributed by atoms with E-state index in [1.54, 1.807) is 0 Å². The lowest BCUT2D eigenvalue weighted by atomic mass is 10.1. The number of carbonyl (C=O) groups is 1. The van der Waals surface area contributed by atoms with Crippen molar-refractivity contribution in [1.82, 2.24) is 4.90 Å². The van der Waals surface area contributed by atoms with E-state index < -0.39 is 0 Å². The summed E-state index contributed by atoms with van der Waals surface area (Å²) < 4.78 is 5.73. The van der Waals surface area contributed by atoms with E-state index >= 15 is 0 Å². The predicted molar refractivity (Wildman–Crippen MR) is 77.9 cm³/mol. The van der Waals surface area contributed by atoms with Gasteiger partial charge in [-0.05, 0) is 25.1 Å². The summed E-state index contributed by atoms with van der Waals surface area (Å²) in [5.41, 5.74) is 2.98. The van der Waals surface area contributed by atoms with Crippen LogP contribution in [-0.2, 0) is 6.54 Å². The summed E-state index contributed by atoms with van der Waals surface area (Å²) in [5, 5.41) is 0. The number of benzene rings is 2. The average molecular weight is 267 g/mol. The Bertz CT molecular complexity index is 622. The Morgan fingerprint density at radius 1 is 1.15 bits per heavy atom. The number of fused-ring (bicyclic) bond motifs is 1. The Balaban J connectivity index is 1.87. The minimum atomic E-state index is 0.0588. The lowest BCUT2D eigenvalue weighted by Gasteiger charge is -2.20. The first-order valence-corrected chi connectivity index (χ1v) is 6.81. The van der Waals surface area contributed by atoms with Gasteiger partial charge in [-0.1, -0.05) is 35.9 Å². The van der Waals surface area contributed by atoms with Crippen LogP contribution >= 0.6 is 0 Å². The third kappa shape index (κ3) is 2.52. The molecule has 0 aromatic heterocycles. The fourth-order valence-corrected chi connectivity index (χ4v) is 2.46. The van der Waals surface area contributed by atoms with Crippen LogP contribution in [0, 0.1) is 6.92 Å². The summed E-state index contributed by atoms with van der Waals surface area (Å²) in [6.07, 6.45) is 0. The van der Waals surface area contributed by atoms with E-state index in [2.05, 4.69) is 13.0 Å². The molecule has 1 aliphatic rings. The highest BCUT2D eigenvalue weighted by Gasteiger charge is 2.20. The second-order valence-electron chi connectivity index (χ2n) is 5.05. The number of rotatable bonds is 1. The molecule has 3 rings (SSSR count). The largest absolute Gasteiger partial charge is 0.491 e. The molecule has 0 atom stereocenters. The third-order valence-electron chi connectivity index (χ3n) is 3.50. The van der Waals surface area contributed by atoms with Gasteiger partial charge in [-0.3, -0.25) is 4.79 Å². The zero-order chi connectivity index (χ0) is 13.9. The molecule has 1 heterocycles. The van der Waals surface area contributed by atoms with Crippen molar-refractivity contribution in [3.8, 4) is 5.75 Å². The van der Waals surface area contributed by atoms with Gasteiger partial charge in [0, 0.05) is 17.7 Å². The van der Waals surface area contributed by atoms with E-state index in [4.69, 9.17) is 4.74 Å². The van der Waals surface area contributed by atoms with Crippen molar-refractivity contribution in [2.45, 2.75) is 13.5 Å². The molecule has 0 N–H and O–H groups in total. The normalized spacial score (nSPS) is 14.2. The van der Waals surface area contributed by atoms with E-state index in [1.807, 2.05) is 47.4 Å². The Labute approximate surface area is 118 Å². The molecule has 0 saturated carbocycles. The SMILES string of the molecule is Cc1ccc2c(c1)CN(C(=O)c1ccccc1)CCO2. The van der Waals surface area contributed by atoms with E-state index in [0.29, 0.717) is 19.7 Å². The van der Waals surface area contributed by atoms with Crippen molar-refractivity contribution in [3.05, 3.63) is 65.2 Å². The maximum Gasteiger partial charge on any atom is 0.254 e. The van der Waals surface area contributed by atoms with Crippen LogP contribution in [0.25, 0.3) is 0 Å². The summed E-state index contributed by atoms with van der Waals surface area (Å²) in [6.45, 7) is 3.80. The first kappa shape index (κ1) is 12.7. The van der Waals surface area contributed by atoms with Crippen molar-refractivity contribution >= 4 is 5.91 Å². The van der Waals surface area contributed by atoms with Gasteiger partial charge >= 0.3 is 0 Å². The molecule has 0 bridgehead atoms. The van der Waals surface area contributed by atoms with Gasteiger partial charge in [0.05, 0.1) is 6.54 Å². The van der Waals surface area contributed by atoms with Crippen LogP contribution in [0.3, 0.4) is 0 Å². The number of aryl methyl sites for hydroxylation is 1. The molecule has 3 heteroatoms. The van der Waals surface area contributed by atoms with E-state index in [0.717, 1.165) is 16.9 Å². The fraction of sp³-hybridized carbons (Fsp3) is 0.235. The van der Waals surface area contributed by atoms with Gasteiger partial charge in [-0.15, -0.1) is 0 Å². The van der Waals surface area contributed by atoms with E-state index in [1.165, 1.54) is 5.56 Å². The first-order valence-electron chi connectivity index (χ1n) is 6.81. The van der Waals surface area contributed by atoms with Crippen LogP contribution in [-0.4, -0.2) is 24.0 Å². The summed E-state index contributed by atoms with van der Waals surface area (Å²) in [5.74, 6) is 0.947.